The minimum atomic E-state index is -1.03. The van der Waals surface area contributed by atoms with Crippen molar-refractivity contribution in [2.75, 3.05) is 5.32 Å². The van der Waals surface area contributed by atoms with Gasteiger partial charge in [-0.25, -0.2) is 4.79 Å². The number of thiocarbonyl (C=S) groups is 1. The molecule has 1 aliphatic heterocycles. The summed E-state index contributed by atoms with van der Waals surface area (Å²) in [6.45, 7) is 6.11. The van der Waals surface area contributed by atoms with E-state index in [1.54, 1.807) is 18.2 Å². The zero-order valence-corrected chi connectivity index (χ0v) is 16.8. The van der Waals surface area contributed by atoms with Crippen molar-refractivity contribution in [1.82, 2.24) is 5.32 Å². The fourth-order valence-electron chi connectivity index (χ4n) is 2.96. The minimum absolute atomic E-state index is 0.0581. The maximum atomic E-state index is 12.3. The predicted octanol–water partition coefficient (Wildman–Crippen LogP) is 3.73. The van der Waals surface area contributed by atoms with Crippen LogP contribution in [-0.2, 0) is 17.8 Å². The molecule has 6 nitrogen and oxygen atoms in total. The molecule has 27 heavy (non-hydrogen) atoms. The van der Waals surface area contributed by atoms with Gasteiger partial charge in [0, 0.05) is 16.9 Å². The normalized spacial score (nSPS) is 14.9. The van der Waals surface area contributed by atoms with Gasteiger partial charge in [0.2, 0.25) is 0 Å². The largest absolute Gasteiger partial charge is 0.478 e. The first-order valence-corrected chi connectivity index (χ1v) is 9.59. The Kier molecular flexibility index (Phi) is 5.32. The van der Waals surface area contributed by atoms with E-state index in [1.165, 1.54) is 11.3 Å². The van der Waals surface area contributed by atoms with Gasteiger partial charge in [-0.3, -0.25) is 10.1 Å². The monoisotopic (exact) mass is 404 g/mol. The highest BCUT2D eigenvalue weighted by molar-refractivity contribution is 7.80. The number of carbonyl (C=O) groups is 2. The van der Waals surface area contributed by atoms with Gasteiger partial charge in [-0.2, -0.15) is 0 Å². The molecule has 142 valence electrons. The lowest BCUT2D eigenvalue weighted by Gasteiger charge is -2.30. The van der Waals surface area contributed by atoms with E-state index in [2.05, 4.69) is 10.6 Å². The summed E-state index contributed by atoms with van der Waals surface area (Å²) in [5.74, 6) is -1.38. The number of carboxylic acid groups (broad SMARTS) is 1. The van der Waals surface area contributed by atoms with Crippen molar-refractivity contribution >= 4 is 45.5 Å². The zero-order chi connectivity index (χ0) is 19.8. The number of amides is 1. The molecule has 2 aromatic rings. The van der Waals surface area contributed by atoms with E-state index in [0.717, 1.165) is 16.0 Å². The van der Waals surface area contributed by atoms with Gasteiger partial charge >= 0.3 is 5.97 Å². The van der Waals surface area contributed by atoms with E-state index in [4.69, 9.17) is 17.0 Å². The second kappa shape index (κ2) is 7.38. The molecule has 0 saturated carbocycles. The van der Waals surface area contributed by atoms with Gasteiger partial charge in [-0.1, -0.05) is 17.7 Å². The summed E-state index contributed by atoms with van der Waals surface area (Å²) in [5, 5.41) is 15.6. The number of hydrogen-bond acceptors (Lipinski definition) is 5. The van der Waals surface area contributed by atoms with Crippen LogP contribution >= 0.6 is 23.6 Å². The summed E-state index contributed by atoms with van der Waals surface area (Å²) in [5.41, 5.74) is 1.98. The lowest BCUT2D eigenvalue weighted by atomic mass is 9.93. The highest BCUT2D eigenvalue weighted by Gasteiger charge is 2.33. The number of aromatic carboxylic acids is 1. The Morgan fingerprint density at radius 1 is 1.33 bits per heavy atom. The van der Waals surface area contributed by atoms with Crippen molar-refractivity contribution < 1.29 is 19.4 Å². The van der Waals surface area contributed by atoms with Gasteiger partial charge < -0.3 is 15.2 Å². The van der Waals surface area contributed by atoms with Gasteiger partial charge in [0.1, 0.15) is 5.00 Å². The SMILES string of the molecule is Cc1cccc(C(=O)NC(=S)Nc2sc3c(c2C(=O)O)CC(C)(C)OC3)c1. The number of carbonyl (C=O) groups excluding carboxylic acids is 1. The lowest BCUT2D eigenvalue weighted by Crippen LogP contribution is -2.34. The molecule has 2 heterocycles. The van der Waals surface area contributed by atoms with Crippen molar-refractivity contribution in [3.8, 4) is 0 Å². The smallest absolute Gasteiger partial charge is 0.339 e. The average molecular weight is 405 g/mol. The number of ether oxygens (including phenoxy) is 1. The Balaban J connectivity index is 1.79. The Morgan fingerprint density at radius 2 is 2.07 bits per heavy atom. The Morgan fingerprint density at radius 3 is 2.74 bits per heavy atom. The summed E-state index contributed by atoms with van der Waals surface area (Å²) in [6, 6.07) is 7.13. The molecule has 0 bridgehead atoms. The second-order valence-corrected chi connectivity index (χ2v) is 8.53. The number of fused-ring (bicyclic) bond motifs is 1. The third kappa shape index (κ3) is 4.35. The highest BCUT2D eigenvalue weighted by Crippen LogP contribution is 2.40. The Labute approximate surface area is 166 Å². The van der Waals surface area contributed by atoms with Gasteiger partial charge in [-0.15, -0.1) is 11.3 Å². The van der Waals surface area contributed by atoms with Crippen LogP contribution in [0.1, 0.15) is 50.6 Å². The Hall–Kier alpha value is -2.29. The molecular weight excluding hydrogens is 384 g/mol. The third-order valence-corrected chi connectivity index (χ3v) is 5.56. The minimum Gasteiger partial charge on any atom is -0.478 e. The number of thiophene rings is 1. The van der Waals surface area contributed by atoms with Gasteiger partial charge in [-0.05, 0) is 50.7 Å². The van der Waals surface area contributed by atoms with Crippen LogP contribution in [0.4, 0.5) is 5.00 Å². The topological polar surface area (TPSA) is 87.7 Å². The molecule has 8 heteroatoms. The van der Waals surface area contributed by atoms with E-state index >= 15 is 0 Å². The van der Waals surface area contributed by atoms with Crippen LogP contribution in [0.15, 0.2) is 24.3 Å². The molecule has 1 aromatic heterocycles. The van der Waals surface area contributed by atoms with Gasteiger partial charge in [0.15, 0.2) is 5.11 Å². The third-order valence-electron chi connectivity index (χ3n) is 4.24. The van der Waals surface area contributed by atoms with Crippen LogP contribution in [0.3, 0.4) is 0 Å². The first kappa shape index (κ1) is 19.5. The van der Waals surface area contributed by atoms with E-state index < -0.39 is 11.6 Å². The van der Waals surface area contributed by atoms with Crippen LogP contribution in [0.5, 0.6) is 0 Å². The summed E-state index contributed by atoms with van der Waals surface area (Å²) in [7, 11) is 0. The van der Waals surface area contributed by atoms with Crippen molar-refractivity contribution in [3.05, 3.63) is 51.4 Å². The Bertz CT molecular complexity index is 934. The van der Waals surface area contributed by atoms with E-state index in [1.807, 2.05) is 26.8 Å². The summed E-state index contributed by atoms with van der Waals surface area (Å²) < 4.78 is 5.77. The average Bonchev–Trinajstić information content (AvgIpc) is 2.90. The molecule has 0 fully saturated rings. The molecule has 0 radical (unpaired) electrons. The number of anilines is 1. The zero-order valence-electron chi connectivity index (χ0n) is 15.2. The first-order chi connectivity index (χ1) is 12.7. The van der Waals surface area contributed by atoms with Crippen LogP contribution in [0.25, 0.3) is 0 Å². The van der Waals surface area contributed by atoms with E-state index in [-0.39, 0.29) is 16.6 Å². The number of aryl methyl sites for hydroxylation is 1. The lowest BCUT2D eigenvalue weighted by molar-refractivity contribution is -0.0384. The standard InChI is InChI=1S/C19H20N2O4S2/c1-10-5-4-6-11(7-10)15(22)20-18(26)21-16-14(17(23)24)12-8-19(2,3)25-9-13(12)27-16/h4-7H,8-9H2,1-3H3,(H,23,24)(H2,20,21,22,26). The number of rotatable bonds is 3. The molecule has 0 spiro atoms. The van der Waals surface area contributed by atoms with Crippen molar-refractivity contribution in [3.63, 3.8) is 0 Å². The van der Waals surface area contributed by atoms with E-state index in [0.29, 0.717) is 23.6 Å². The van der Waals surface area contributed by atoms with Crippen LogP contribution < -0.4 is 10.6 Å². The maximum Gasteiger partial charge on any atom is 0.339 e. The quantitative estimate of drug-likeness (QED) is 0.676. The van der Waals surface area contributed by atoms with E-state index in [9.17, 15) is 14.7 Å². The van der Waals surface area contributed by atoms with Crippen LogP contribution in [-0.4, -0.2) is 27.7 Å². The van der Waals surface area contributed by atoms with Crippen molar-refractivity contribution in [2.24, 2.45) is 0 Å². The van der Waals surface area contributed by atoms with Crippen molar-refractivity contribution in [2.45, 2.75) is 39.4 Å². The molecule has 0 aliphatic carbocycles. The number of benzene rings is 1. The van der Waals surface area contributed by atoms with Gasteiger partial charge in [0.05, 0.1) is 17.8 Å². The first-order valence-electron chi connectivity index (χ1n) is 8.37. The fraction of sp³-hybridized carbons (Fsp3) is 0.316. The molecule has 1 aliphatic rings. The summed E-state index contributed by atoms with van der Waals surface area (Å²) in [4.78, 5) is 25.0. The molecule has 3 N–H and O–H groups in total. The maximum absolute atomic E-state index is 12.3. The summed E-state index contributed by atoms with van der Waals surface area (Å²) >= 11 is 6.51. The summed E-state index contributed by atoms with van der Waals surface area (Å²) in [6.07, 6.45) is 0.505. The molecule has 1 amide bonds. The number of hydrogen-bond donors (Lipinski definition) is 3. The van der Waals surface area contributed by atoms with Crippen LogP contribution in [0.2, 0.25) is 0 Å². The molecule has 0 saturated heterocycles. The van der Waals surface area contributed by atoms with Gasteiger partial charge in [0.25, 0.3) is 5.91 Å². The van der Waals surface area contributed by atoms with Crippen molar-refractivity contribution in [1.29, 1.82) is 0 Å². The van der Waals surface area contributed by atoms with Crippen LogP contribution in [0, 0.1) is 6.92 Å². The fourth-order valence-corrected chi connectivity index (χ4v) is 4.35. The number of carboxylic acids is 1. The highest BCUT2D eigenvalue weighted by atomic mass is 32.1. The molecule has 0 atom stereocenters. The molecule has 1 aromatic carbocycles. The molecular formula is C19H20N2O4S2. The second-order valence-electron chi connectivity index (χ2n) is 7.02. The molecule has 0 unspecified atom stereocenters. The molecule has 3 rings (SSSR count). The number of nitrogens with one attached hydrogen (secondary N) is 2. The predicted molar refractivity (Wildman–Crippen MR) is 109 cm³/mol.